The Labute approximate surface area is 189 Å². The van der Waals surface area contributed by atoms with Gasteiger partial charge in [0.25, 0.3) is 0 Å². The quantitative estimate of drug-likeness (QED) is 0.423. The van der Waals surface area contributed by atoms with Crippen LogP contribution in [0.2, 0.25) is 0 Å². The molecule has 0 aliphatic heterocycles. The fourth-order valence-corrected chi connectivity index (χ4v) is 3.63. The smallest absolute Gasteiger partial charge is 0.411 e. The van der Waals surface area contributed by atoms with Gasteiger partial charge in [0.2, 0.25) is 0 Å². The summed E-state index contributed by atoms with van der Waals surface area (Å²) < 4.78 is 16.4. The number of guanidine groups is 1. The molecule has 3 N–H and O–H groups in total. The molecule has 1 fully saturated rings. The van der Waals surface area contributed by atoms with Gasteiger partial charge in [0.05, 0.1) is 20.3 Å². The van der Waals surface area contributed by atoms with E-state index in [0.29, 0.717) is 24.7 Å². The van der Waals surface area contributed by atoms with Crippen LogP contribution < -0.4 is 25.4 Å². The van der Waals surface area contributed by atoms with E-state index in [0.717, 1.165) is 35.5 Å². The number of hydrogen-bond donors (Lipinski definition) is 3. The molecule has 1 aliphatic rings. The maximum absolute atomic E-state index is 11.3. The van der Waals surface area contributed by atoms with Crippen LogP contribution in [0.1, 0.15) is 36.8 Å². The number of methoxy groups -OCH3 is 2. The summed E-state index contributed by atoms with van der Waals surface area (Å²) in [5.74, 6) is 2.23. The lowest BCUT2D eigenvalue weighted by atomic mass is 10.1. The first kappa shape index (κ1) is 23.2. The molecule has 0 heterocycles. The lowest BCUT2D eigenvalue weighted by Gasteiger charge is -2.20. The Kier molecular flexibility index (Phi) is 8.60. The summed E-state index contributed by atoms with van der Waals surface area (Å²) in [6.45, 7) is 1.14. The van der Waals surface area contributed by atoms with Crippen molar-refractivity contribution in [3.05, 3.63) is 53.6 Å². The van der Waals surface area contributed by atoms with E-state index >= 15 is 0 Å². The maximum Gasteiger partial charge on any atom is 0.411 e. The van der Waals surface area contributed by atoms with Gasteiger partial charge in [-0.15, -0.1) is 0 Å². The molecule has 1 amide bonds. The molecule has 32 heavy (non-hydrogen) atoms. The molecule has 8 heteroatoms. The number of nitrogens with zero attached hydrogens (tertiary/aromatic N) is 1. The Morgan fingerprint density at radius 1 is 1.03 bits per heavy atom. The fraction of sp³-hybridized carbons (Fsp3) is 0.417. The second kappa shape index (κ2) is 11.8. The molecule has 0 atom stereocenters. The average Bonchev–Trinajstić information content (AvgIpc) is 3.34. The van der Waals surface area contributed by atoms with Gasteiger partial charge in [-0.3, -0.25) is 10.3 Å². The molecule has 1 saturated carbocycles. The molecule has 1 aliphatic carbocycles. The predicted molar refractivity (Wildman–Crippen MR) is 125 cm³/mol. The number of anilines is 1. The first-order valence-corrected chi connectivity index (χ1v) is 10.8. The third-order valence-electron chi connectivity index (χ3n) is 5.38. The van der Waals surface area contributed by atoms with Crippen LogP contribution in [0, 0.1) is 0 Å². The van der Waals surface area contributed by atoms with E-state index in [-0.39, 0.29) is 6.10 Å². The predicted octanol–water partition coefficient (Wildman–Crippen LogP) is 4.06. The minimum absolute atomic E-state index is 0.249. The molecule has 0 saturated heterocycles. The molecule has 0 spiro atoms. The number of aliphatic imine (C=N–C) groups is 1. The van der Waals surface area contributed by atoms with Crippen molar-refractivity contribution < 1.29 is 19.0 Å². The molecule has 0 unspecified atom stereocenters. The highest BCUT2D eigenvalue weighted by molar-refractivity contribution is 5.84. The van der Waals surface area contributed by atoms with Crippen LogP contribution in [0.15, 0.2) is 47.5 Å². The molecule has 3 rings (SSSR count). The molecular formula is C24H32N4O4. The van der Waals surface area contributed by atoms with Gasteiger partial charge in [-0.05, 0) is 49.4 Å². The summed E-state index contributed by atoms with van der Waals surface area (Å²) in [5, 5.41) is 9.28. The Morgan fingerprint density at radius 3 is 2.41 bits per heavy atom. The number of carbonyl (C=O) groups excluding carboxylic acids is 1. The van der Waals surface area contributed by atoms with Gasteiger partial charge in [-0.1, -0.05) is 24.3 Å². The molecule has 0 bridgehead atoms. The number of amides is 1. The molecule has 0 aromatic heterocycles. The van der Waals surface area contributed by atoms with E-state index in [1.807, 2.05) is 42.5 Å². The number of ether oxygens (including phenoxy) is 3. The van der Waals surface area contributed by atoms with Gasteiger partial charge in [-0.25, -0.2) is 4.79 Å². The number of para-hydroxylation sites is 1. The number of carbonyl (C=O) groups is 1. The topological polar surface area (TPSA) is 93.2 Å². The van der Waals surface area contributed by atoms with Crippen LogP contribution >= 0.6 is 0 Å². The van der Waals surface area contributed by atoms with E-state index in [2.05, 4.69) is 25.7 Å². The van der Waals surface area contributed by atoms with Crippen LogP contribution in [0.5, 0.6) is 11.5 Å². The van der Waals surface area contributed by atoms with Crippen molar-refractivity contribution in [3.8, 4) is 11.5 Å². The third kappa shape index (κ3) is 6.54. The second-order valence-corrected chi connectivity index (χ2v) is 7.57. The van der Waals surface area contributed by atoms with Crippen molar-refractivity contribution in [2.75, 3.05) is 26.6 Å². The number of rotatable bonds is 8. The molecule has 0 radical (unpaired) electrons. The zero-order chi connectivity index (χ0) is 22.8. The average molecular weight is 441 g/mol. The highest BCUT2D eigenvalue weighted by Gasteiger charge is 2.20. The Bertz CT molecular complexity index is 909. The standard InChI is InChI=1S/C24H32N4O4/c1-25-23(26-15-17-11-13-19(14-12-17)28-24(29)31-3)27-16-18-7-6-10-21(30-2)22(18)32-20-8-4-5-9-20/h6-7,10-14,20H,4-5,8-9,15-16H2,1-3H3,(H,28,29)(H2,25,26,27). The van der Waals surface area contributed by atoms with E-state index in [1.165, 1.54) is 20.0 Å². The summed E-state index contributed by atoms with van der Waals surface area (Å²) in [6, 6.07) is 13.5. The summed E-state index contributed by atoms with van der Waals surface area (Å²) in [4.78, 5) is 15.6. The number of nitrogens with one attached hydrogen (secondary N) is 3. The van der Waals surface area contributed by atoms with Crippen molar-refractivity contribution in [2.24, 2.45) is 4.99 Å². The molecular weight excluding hydrogens is 408 g/mol. The molecule has 2 aromatic rings. The van der Waals surface area contributed by atoms with Gasteiger partial charge in [0.15, 0.2) is 17.5 Å². The van der Waals surface area contributed by atoms with Gasteiger partial charge in [0.1, 0.15) is 0 Å². The summed E-state index contributed by atoms with van der Waals surface area (Å²) in [7, 11) is 4.74. The third-order valence-corrected chi connectivity index (χ3v) is 5.38. The fourth-order valence-electron chi connectivity index (χ4n) is 3.63. The van der Waals surface area contributed by atoms with Gasteiger partial charge < -0.3 is 24.8 Å². The minimum atomic E-state index is -0.491. The van der Waals surface area contributed by atoms with Gasteiger partial charge in [0, 0.05) is 31.4 Å². The van der Waals surface area contributed by atoms with E-state index < -0.39 is 6.09 Å². The Hall–Kier alpha value is -3.42. The normalized spacial score (nSPS) is 14.0. The summed E-state index contributed by atoms with van der Waals surface area (Å²) >= 11 is 0. The summed E-state index contributed by atoms with van der Waals surface area (Å²) in [5.41, 5.74) is 2.75. The lowest BCUT2D eigenvalue weighted by Crippen LogP contribution is -2.36. The Balaban J connectivity index is 1.57. The van der Waals surface area contributed by atoms with E-state index in [1.54, 1.807) is 14.2 Å². The SMILES string of the molecule is CN=C(NCc1ccc(NC(=O)OC)cc1)NCc1cccc(OC)c1OC1CCCC1. The van der Waals surface area contributed by atoms with Crippen molar-refractivity contribution in [1.82, 2.24) is 10.6 Å². The van der Waals surface area contributed by atoms with E-state index in [9.17, 15) is 4.79 Å². The maximum atomic E-state index is 11.3. The second-order valence-electron chi connectivity index (χ2n) is 7.57. The highest BCUT2D eigenvalue weighted by Crippen LogP contribution is 2.34. The lowest BCUT2D eigenvalue weighted by molar-refractivity contribution is 0.187. The molecule has 172 valence electrons. The van der Waals surface area contributed by atoms with Crippen molar-refractivity contribution >= 4 is 17.7 Å². The van der Waals surface area contributed by atoms with Crippen molar-refractivity contribution in [3.63, 3.8) is 0 Å². The van der Waals surface area contributed by atoms with Gasteiger partial charge >= 0.3 is 6.09 Å². The first-order valence-electron chi connectivity index (χ1n) is 10.8. The zero-order valence-electron chi connectivity index (χ0n) is 18.9. The summed E-state index contributed by atoms with van der Waals surface area (Å²) in [6.07, 6.45) is 4.35. The molecule has 8 nitrogen and oxygen atoms in total. The minimum Gasteiger partial charge on any atom is -0.493 e. The van der Waals surface area contributed by atoms with Crippen LogP contribution in [0.3, 0.4) is 0 Å². The van der Waals surface area contributed by atoms with Crippen molar-refractivity contribution in [1.29, 1.82) is 0 Å². The van der Waals surface area contributed by atoms with Crippen LogP contribution in [-0.2, 0) is 17.8 Å². The highest BCUT2D eigenvalue weighted by atomic mass is 16.5. The monoisotopic (exact) mass is 440 g/mol. The largest absolute Gasteiger partial charge is 0.493 e. The number of benzene rings is 2. The molecule has 2 aromatic carbocycles. The van der Waals surface area contributed by atoms with Crippen LogP contribution in [0.4, 0.5) is 10.5 Å². The van der Waals surface area contributed by atoms with Crippen LogP contribution in [-0.4, -0.2) is 39.4 Å². The van der Waals surface area contributed by atoms with Gasteiger partial charge in [-0.2, -0.15) is 0 Å². The first-order chi connectivity index (χ1) is 15.6. The van der Waals surface area contributed by atoms with Crippen LogP contribution in [0.25, 0.3) is 0 Å². The number of hydrogen-bond acceptors (Lipinski definition) is 5. The van der Waals surface area contributed by atoms with E-state index in [4.69, 9.17) is 9.47 Å². The Morgan fingerprint density at radius 2 is 1.75 bits per heavy atom. The van der Waals surface area contributed by atoms with Crippen molar-refractivity contribution in [2.45, 2.75) is 44.9 Å². The zero-order valence-corrected chi connectivity index (χ0v) is 18.9.